The van der Waals surface area contributed by atoms with Crippen LogP contribution in [0.15, 0.2) is 42.6 Å². The van der Waals surface area contributed by atoms with Gasteiger partial charge in [-0.15, -0.1) is 0 Å². The number of aryl methyl sites for hydroxylation is 2. The Kier molecular flexibility index (Phi) is 2.71. The topological polar surface area (TPSA) is 30.0 Å². The lowest BCUT2D eigenvalue weighted by Gasteiger charge is -2.10. The van der Waals surface area contributed by atoms with Crippen molar-refractivity contribution in [3.8, 4) is 0 Å². The van der Waals surface area contributed by atoms with Crippen LogP contribution in [0.25, 0.3) is 0 Å². The van der Waals surface area contributed by atoms with Crippen molar-refractivity contribution in [2.45, 2.75) is 25.7 Å². The van der Waals surface area contributed by atoms with E-state index in [1.165, 1.54) is 11.1 Å². The fraction of sp³-hybridized carbons (Fsp3) is 0.250. The third kappa shape index (κ3) is 1.84. The molecule has 2 nitrogen and oxygen atoms in total. The first-order chi connectivity index (χ1) is 8.75. The van der Waals surface area contributed by atoms with Crippen LogP contribution >= 0.6 is 0 Å². The number of Topliss-reactive ketones (excluding diaryl/α,β-unsaturated/α-hetero) is 1. The van der Waals surface area contributed by atoms with E-state index in [4.69, 9.17) is 0 Å². The minimum absolute atomic E-state index is 0.0192. The highest BCUT2D eigenvalue weighted by Gasteiger charge is 2.28. The van der Waals surface area contributed by atoms with Crippen molar-refractivity contribution in [3.63, 3.8) is 0 Å². The fourth-order valence-corrected chi connectivity index (χ4v) is 2.64. The maximum Gasteiger partial charge on any atom is 0.171 e. The molecular formula is C16H15NO. The van der Waals surface area contributed by atoms with Gasteiger partial charge >= 0.3 is 0 Å². The van der Waals surface area contributed by atoms with Crippen LogP contribution in [0.4, 0.5) is 0 Å². The van der Waals surface area contributed by atoms with Crippen LogP contribution in [0.2, 0.25) is 0 Å². The molecule has 3 rings (SSSR count). The van der Waals surface area contributed by atoms with E-state index in [0.717, 1.165) is 24.1 Å². The Bertz CT molecular complexity index is 586. The standard InChI is InChI=1S/C16H15NO/c1-11-6-7-13(10-17-11)16(18)15-9-8-12-4-2-3-5-14(12)15/h2-7,10,15H,8-9H2,1H3. The summed E-state index contributed by atoms with van der Waals surface area (Å²) < 4.78 is 0. The van der Waals surface area contributed by atoms with E-state index in [1.54, 1.807) is 6.20 Å². The second kappa shape index (κ2) is 4.37. The summed E-state index contributed by atoms with van der Waals surface area (Å²) in [7, 11) is 0. The van der Waals surface area contributed by atoms with Gasteiger partial charge in [0.25, 0.3) is 0 Å². The summed E-state index contributed by atoms with van der Waals surface area (Å²) in [4.78, 5) is 16.7. The molecule has 1 aromatic carbocycles. The summed E-state index contributed by atoms with van der Waals surface area (Å²) in [5, 5.41) is 0. The number of pyridine rings is 1. The lowest BCUT2D eigenvalue weighted by Crippen LogP contribution is -2.10. The molecule has 0 fully saturated rings. The van der Waals surface area contributed by atoms with Crippen molar-refractivity contribution >= 4 is 5.78 Å². The van der Waals surface area contributed by atoms with Gasteiger partial charge in [0.05, 0.1) is 0 Å². The third-order valence-electron chi connectivity index (χ3n) is 3.65. The molecule has 0 N–H and O–H groups in total. The molecule has 1 atom stereocenters. The quantitative estimate of drug-likeness (QED) is 0.750. The van der Waals surface area contributed by atoms with E-state index in [2.05, 4.69) is 17.1 Å². The zero-order valence-electron chi connectivity index (χ0n) is 10.4. The average molecular weight is 237 g/mol. The van der Waals surface area contributed by atoms with Crippen molar-refractivity contribution < 1.29 is 4.79 Å². The molecule has 0 amide bonds. The second-order valence-corrected chi connectivity index (χ2v) is 4.84. The number of carbonyl (C=O) groups excluding carboxylic acids is 1. The molecule has 0 bridgehead atoms. The van der Waals surface area contributed by atoms with E-state index in [-0.39, 0.29) is 11.7 Å². The summed E-state index contributed by atoms with van der Waals surface area (Å²) in [6.07, 6.45) is 3.62. The van der Waals surface area contributed by atoms with Crippen LogP contribution in [-0.2, 0) is 6.42 Å². The third-order valence-corrected chi connectivity index (χ3v) is 3.65. The van der Waals surface area contributed by atoms with Crippen molar-refractivity contribution in [3.05, 3.63) is 65.0 Å². The van der Waals surface area contributed by atoms with Gasteiger partial charge in [-0.25, -0.2) is 0 Å². The maximum absolute atomic E-state index is 12.5. The fourth-order valence-electron chi connectivity index (χ4n) is 2.64. The van der Waals surface area contributed by atoms with Gasteiger partial charge in [0, 0.05) is 23.4 Å². The molecule has 0 radical (unpaired) electrons. The van der Waals surface area contributed by atoms with E-state index < -0.39 is 0 Å². The van der Waals surface area contributed by atoms with Crippen LogP contribution in [0.1, 0.15) is 39.5 Å². The highest BCUT2D eigenvalue weighted by molar-refractivity contribution is 6.01. The number of benzene rings is 1. The zero-order chi connectivity index (χ0) is 12.5. The van der Waals surface area contributed by atoms with Crippen LogP contribution in [0.5, 0.6) is 0 Å². The Morgan fingerprint density at radius 2 is 2.06 bits per heavy atom. The predicted octanol–water partition coefficient (Wildman–Crippen LogP) is 3.30. The van der Waals surface area contributed by atoms with Crippen LogP contribution in [-0.4, -0.2) is 10.8 Å². The monoisotopic (exact) mass is 237 g/mol. The van der Waals surface area contributed by atoms with Crippen molar-refractivity contribution in [1.82, 2.24) is 4.98 Å². The summed E-state index contributed by atoms with van der Waals surface area (Å²) in [5.41, 5.74) is 4.18. The summed E-state index contributed by atoms with van der Waals surface area (Å²) in [6.45, 7) is 1.93. The van der Waals surface area contributed by atoms with Crippen molar-refractivity contribution in [2.75, 3.05) is 0 Å². The van der Waals surface area contributed by atoms with Crippen LogP contribution in [0.3, 0.4) is 0 Å². The SMILES string of the molecule is Cc1ccc(C(=O)C2CCc3ccccc32)cn1. The number of fused-ring (bicyclic) bond motifs is 1. The minimum atomic E-state index is 0.0192. The molecule has 2 heteroatoms. The largest absolute Gasteiger partial charge is 0.293 e. The molecular weight excluding hydrogens is 222 g/mol. The Morgan fingerprint density at radius 1 is 1.22 bits per heavy atom. The maximum atomic E-state index is 12.5. The minimum Gasteiger partial charge on any atom is -0.293 e. The van der Waals surface area contributed by atoms with E-state index >= 15 is 0 Å². The summed E-state index contributed by atoms with van der Waals surface area (Å²) >= 11 is 0. The van der Waals surface area contributed by atoms with Gasteiger partial charge in [-0.1, -0.05) is 24.3 Å². The first kappa shape index (κ1) is 11.1. The van der Waals surface area contributed by atoms with Gasteiger partial charge in [0.15, 0.2) is 5.78 Å². The number of carbonyl (C=O) groups is 1. The van der Waals surface area contributed by atoms with Crippen molar-refractivity contribution in [1.29, 1.82) is 0 Å². The van der Waals surface area contributed by atoms with Gasteiger partial charge in [-0.3, -0.25) is 9.78 Å². The van der Waals surface area contributed by atoms with E-state index in [1.807, 2.05) is 31.2 Å². The lowest BCUT2D eigenvalue weighted by atomic mass is 9.93. The molecule has 18 heavy (non-hydrogen) atoms. The molecule has 0 saturated carbocycles. The first-order valence-electron chi connectivity index (χ1n) is 6.30. The van der Waals surface area contributed by atoms with Crippen LogP contribution in [0, 0.1) is 6.92 Å². The highest BCUT2D eigenvalue weighted by Crippen LogP contribution is 2.35. The van der Waals surface area contributed by atoms with Crippen molar-refractivity contribution in [2.24, 2.45) is 0 Å². The Labute approximate surface area is 107 Å². The number of hydrogen-bond donors (Lipinski definition) is 0. The molecule has 1 heterocycles. The number of ketones is 1. The molecule has 0 aliphatic heterocycles. The van der Waals surface area contributed by atoms with Gasteiger partial charge in [-0.05, 0) is 43.0 Å². The number of nitrogens with zero attached hydrogens (tertiary/aromatic N) is 1. The van der Waals surface area contributed by atoms with Gasteiger partial charge < -0.3 is 0 Å². The Hall–Kier alpha value is -1.96. The molecule has 2 aromatic rings. The zero-order valence-corrected chi connectivity index (χ0v) is 10.4. The Morgan fingerprint density at radius 3 is 2.83 bits per heavy atom. The van der Waals surface area contributed by atoms with E-state index in [9.17, 15) is 4.79 Å². The molecule has 1 aliphatic rings. The highest BCUT2D eigenvalue weighted by atomic mass is 16.1. The molecule has 1 unspecified atom stereocenters. The molecule has 90 valence electrons. The van der Waals surface area contributed by atoms with E-state index in [0.29, 0.717) is 0 Å². The second-order valence-electron chi connectivity index (χ2n) is 4.84. The smallest absolute Gasteiger partial charge is 0.171 e. The van der Waals surface area contributed by atoms with Gasteiger partial charge in [0.1, 0.15) is 0 Å². The number of hydrogen-bond acceptors (Lipinski definition) is 2. The molecule has 1 aromatic heterocycles. The summed E-state index contributed by atoms with van der Waals surface area (Å²) in [6, 6.07) is 12.0. The average Bonchev–Trinajstić information content (AvgIpc) is 2.82. The normalized spacial score (nSPS) is 17.5. The number of aromatic nitrogens is 1. The number of rotatable bonds is 2. The molecule has 0 saturated heterocycles. The Balaban J connectivity index is 1.93. The predicted molar refractivity (Wildman–Crippen MR) is 70.8 cm³/mol. The molecule has 0 spiro atoms. The van der Waals surface area contributed by atoms with Gasteiger partial charge in [0.2, 0.25) is 0 Å². The first-order valence-corrected chi connectivity index (χ1v) is 6.30. The van der Waals surface area contributed by atoms with Crippen LogP contribution < -0.4 is 0 Å². The molecule has 1 aliphatic carbocycles. The van der Waals surface area contributed by atoms with Gasteiger partial charge in [-0.2, -0.15) is 0 Å². The lowest BCUT2D eigenvalue weighted by molar-refractivity contribution is 0.0959. The summed E-state index contributed by atoms with van der Waals surface area (Å²) in [5.74, 6) is 0.221.